The first-order chi connectivity index (χ1) is 13.9. The molecule has 5 aliphatic rings. The highest BCUT2D eigenvalue weighted by Crippen LogP contribution is 2.75. The molecule has 5 fully saturated rings. The molecule has 4 saturated carbocycles. The van der Waals surface area contributed by atoms with Gasteiger partial charge in [0.15, 0.2) is 5.79 Å². The molecule has 1 spiro atoms. The molecular formula is C25H40O5. The van der Waals surface area contributed by atoms with Crippen LogP contribution in [-0.2, 0) is 19.0 Å². The largest absolute Gasteiger partial charge is 0.463 e. The van der Waals surface area contributed by atoms with Gasteiger partial charge in [0, 0.05) is 12.3 Å². The molecular weight excluding hydrogens is 380 g/mol. The van der Waals surface area contributed by atoms with Crippen molar-refractivity contribution < 1.29 is 24.1 Å². The molecule has 1 heterocycles. The lowest BCUT2D eigenvalue weighted by Gasteiger charge is -2.68. The third-order valence-corrected chi connectivity index (χ3v) is 10.6. The summed E-state index contributed by atoms with van der Waals surface area (Å²) in [6.45, 7) is 11.4. The molecule has 170 valence electrons. The van der Waals surface area contributed by atoms with E-state index in [1.54, 1.807) is 0 Å². The van der Waals surface area contributed by atoms with Crippen molar-refractivity contribution in [3.63, 3.8) is 0 Å². The maximum Gasteiger partial charge on any atom is 0.302 e. The molecule has 5 nitrogen and oxygen atoms in total. The van der Waals surface area contributed by atoms with Crippen LogP contribution in [-0.4, -0.2) is 41.8 Å². The second-order valence-electron chi connectivity index (χ2n) is 12.3. The van der Waals surface area contributed by atoms with Crippen molar-refractivity contribution in [2.75, 3.05) is 13.2 Å². The summed E-state index contributed by atoms with van der Waals surface area (Å²) in [4.78, 5) is 11.4. The summed E-state index contributed by atoms with van der Waals surface area (Å²) in [5.41, 5.74) is -0.231. The average Bonchev–Trinajstić information content (AvgIpc) is 3.02. The normalized spacial score (nSPS) is 53.9. The van der Waals surface area contributed by atoms with E-state index in [-0.39, 0.29) is 35.4 Å². The summed E-state index contributed by atoms with van der Waals surface area (Å²) in [5, 5.41) is 11.4. The number of hydrogen-bond acceptors (Lipinski definition) is 5. The third kappa shape index (κ3) is 2.73. The molecule has 0 aromatic carbocycles. The van der Waals surface area contributed by atoms with Gasteiger partial charge in [0.2, 0.25) is 0 Å². The minimum Gasteiger partial charge on any atom is -0.463 e. The van der Waals surface area contributed by atoms with Crippen LogP contribution in [0.25, 0.3) is 0 Å². The fourth-order valence-corrected chi connectivity index (χ4v) is 9.01. The number of ether oxygens (including phenoxy) is 3. The Hall–Kier alpha value is -0.650. The number of carbonyl (C=O) groups excluding carboxylic acids is 1. The summed E-state index contributed by atoms with van der Waals surface area (Å²) >= 11 is 0. The van der Waals surface area contributed by atoms with Gasteiger partial charge in [-0.3, -0.25) is 4.79 Å². The summed E-state index contributed by atoms with van der Waals surface area (Å²) < 4.78 is 18.0. The number of carbonyl (C=O) groups is 1. The van der Waals surface area contributed by atoms with Gasteiger partial charge in [-0.25, -0.2) is 0 Å². The molecule has 4 aliphatic carbocycles. The SMILES string of the molecule is CC(=O)OCC1(O)CCC23CC1CC2CCC1C2(C)COC(C)(C)OC2CCC13C. The van der Waals surface area contributed by atoms with E-state index in [9.17, 15) is 9.90 Å². The van der Waals surface area contributed by atoms with Crippen molar-refractivity contribution >= 4 is 5.97 Å². The van der Waals surface area contributed by atoms with Gasteiger partial charge in [-0.1, -0.05) is 13.8 Å². The molecule has 0 aromatic heterocycles. The van der Waals surface area contributed by atoms with Gasteiger partial charge < -0.3 is 19.3 Å². The molecule has 0 radical (unpaired) electrons. The van der Waals surface area contributed by atoms with Crippen molar-refractivity contribution in [1.29, 1.82) is 0 Å². The Morgan fingerprint density at radius 3 is 2.57 bits per heavy atom. The van der Waals surface area contributed by atoms with Crippen LogP contribution in [0, 0.1) is 34.0 Å². The van der Waals surface area contributed by atoms with Gasteiger partial charge in [-0.05, 0) is 93.8 Å². The van der Waals surface area contributed by atoms with E-state index in [0.717, 1.165) is 38.7 Å². The molecule has 5 rings (SSSR count). The topological polar surface area (TPSA) is 65.0 Å². The van der Waals surface area contributed by atoms with Gasteiger partial charge in [0.25, 0.3) is 0 Å². The zero-order valence-electron chi connectivity index (χ0n) is 19.5. The van der Waals surface area contributed by atoms with Crippen LogP contribution in [0.1, 0.15) is 86.0 Å². The highest BCUT2D eigenvalue weighted by atomic mass is 16.7. The molecule has 30 heavy (non-hydrogen) atoms. The fraction of sp³-hybridized carbons (Fsp3) is 0.960. The first-order valence-electron chi connectivity index (χ1n) is 12.1. The van der Waals surface area contributed by atoms with Gasteiger partial charge in [0.1, 0.15) is 12.2 Å². The Balaban J connectivity index is 1.44. The zero-order chi connectivity index (χ0) is 21.6. The summed E-state index contributed by atoms with van der Waals surface area (Å²) in [6, 6.07) is 0. The van der Waals surface area contributed by atoms with Crippen molar-refractivity contribution in [3.8, 4) is 0 Å². The molecule has 8 atom stereocenters. The lowest BCUT2D eigenvalue weighted by Crippen LogP contribution is -2.66. The molecule has 1 aliphatic heterocycles. The minimum atomic E-state index is -0.845. The van der Waals surface area contributed by atoms with Gasteiger partial charge in [0.05, 0.1) is 12.7 Å². The lowest BCUT2D eigenvalue weighted by atomic mass is 9.39. The summed E-state index contributed by atoms with van der Waals surface area (Å²) in [6.07, 6.45) is 9.03. The standard InChI is InChI=1S/C25H40O5/c1-16(26)28-15-25(27)11-10-24-13-18(25)12-17(24)6-7-19-22(4)14-29-21(2,3)30-20(22)8-9-23(19,24)5/h17-20,27H,6-15H2,1-5H3. The van der Waals surface area contributed by atoms with Crippen molar-refractivity contribution in [1.82, 2.24) is 0 Å². The van der Waals surface area contributed by atoms with E-state index >= 15 is 0 Å². The Bertz CT molecular complexity index is 735. The molecule has 0 aromatic rings. The van der Waals surface area contributed by atoms with E-state index in [1.165, 1.54) is 26.2 Å². The quantitative estimate of drug-likeness (QED) is 0.669. The Morgan fingerprint density at radius 2 is 1.83 bits per heavy atom. The summed E-state index contributed by atoms with van der Waals surface area (Å²) in [5.74, 6) is 0.739. The lowest BCUT2D eigenvalue weighted by molar-refractivity contribution is -0.352. The van der Waals surface area contributed by atoms with E-state index in [4.69, 9.17) is 14.2 Å². The second kappa shape index (κ2) is 6.45. The average molecular weight is 421 g/mol. The predicted molar refractivity (Wildman–Crippen MR) is 113 cm³/mol. The number of fused-ring (bicyclic) bond motifs is 4. The van der Waals surface area contributed by atoms with Crippen molar-refractivity contribution in [2.45, 2.75) is 103 Å². The van der Waals surface area contributed by atoms with E-state index < -0.39 is 11.4 Å². The molecule has 8 unspecified atom stereocenters. The van der Waals surface area contributed by atoms with Crippen LogP contribution in [0.3, 0.4) is 0 Å². The third-order valence-electron chi connectivity index (χ3n) is 10.6. The van der Waals surface area contributed by atoms with E-state index in [0.29, 0.717) is 17.3 Å². The fourth-order valence-electron chi connectivity index (χ4n) is 9.01. The Labute approximate surface area is 181 Å². The number of esters is 1. The number of aliphatic hydroxyl groups is 1. The maximum atomic E-state index is 11.4. The van der Waals surface area contributed by atoms with E-state index in [1.807, 2.05) is 13.8 Å². The summed E-state index contributed by atoms with van der Waals surface area (Å²) in [7, 11) is 0. The molecule has 1 saturated heterocycles. The molecule has 5 heteroatoms. The first-order valence-corrected chi connectivity index (χ1v) is 12.1. The second-order valence-corrected chi connectivity index (χ2v) is 12.3. The van der Waals surface area contributed by atoms with Gasteiger partial charge in [-0.15, -0.1) is 0 Å². The van der Waals surface area contributed by atoms with Gasteiger partial charge >= 0.3 is 5.97 Å². The number of rotatable bonds is 2. The van der Waals surface area contributed by atoms with Crippen LogP contribution in [0.2, 0.25) is 0 Å². The van der Waals surface area contributed by atoms with Crippen molar-refractivity contribution in [2.24, 2.45) is 34.0 Å². The molecule has 1 N–H and O–H groups in total. The Morgan fingerprint density at radius 1 is 1.07 bits per heavy atom. The van der Waals surface area contributed by atoms with Crippen molar-refractivity contribution in [3.05, 3.63) is 0 Å². The van der Waals surface area contributed by atoms with E-state index in [2.05, 4.69) is 13.8 Å². The van der Waals surface area contributed by atoms with Gasteiger partial charge in [-0.2, -0.15) is 0 Å². The predicted octanol–water partition coefficient (Wildman–Crippen LogP) is 4.45. The smallest absolute Gasteiger partial charge is 0.302 e. The van der Waals surface area contributed by atoms with Crippen LogP contribution in [0.4, 0.5) is 0 Å². The Kier molecular flexibility index (Phi) is 4.56. The van der Waals surface area contributed by atoms with Crippen LogP contribution >= 0.6 is 0 Å². The minimum absolute atomic E-state index is 0.0613. The molecule has 0 amide bonds. The zero-order valence-corrected chi connectivity index (χ0v) is 19.5. The van der Waals surface area contributed by atoms with Crippen LogP contribution in [0.15, 0.2) is 0 Å². The number of hydrogen-bond donors (Lipinski definition) is 1. The maximum absolute atomic E-state index is 11.4. The highest BCUT2D eigenvalue weighted by Gasteiger charge is 2.71. The molecule has 2 bridgehead atoms. The van der Waals surface area contributed by atoms with Crippen LogP contribution < -0.4 is 0 Å². The van der Waals surface area contributed by atoms with Crippen LogP contribution in [0.5, 0.6) is 0 Å². The monoisotopic (exact) mass is 420 g/mol. The first kappa shape index (κ1) is 21.2. The highest BCUT2D eigenvalue weighted by molar-refractivity contribution is 5.66.